The van der Waals surface area contributed by atoms with Crippen molar-refractivity contribution >= 4 is 11.7 Å². The van der Waals surface area contributed by atoms with E-state index in [4.69, 9.17) is 9.47 Å². The van der Waals surface area contributed by atoms with Crippen molar-refractivity contribution in [3.63, 3.8) is 0 Å². The van der Waals surface area contributed by atoms with E-state index in [1.807, 2.05) is 42.5 Å². The van der Waals surface area contributed by atoms with E-state index >= 15 is 0 Å². The van der Waals surface area contributed by atoms with Gasteiger partial charge >= 0.3 is 0 Å². The van der Waals surface area contributed by atoms with Crippen LogP contribution in [0.2, 0.25) is 0 Å². The number of nitrogens with zero attached hydrogens (tertiary/aromatic N) is 2. The topological polar surface area (TPSA) is 85.4 Å². The van der Waals surface area contributed by atoms with Crippen LogP contribution in [0.5, 0.6) is 11.5 Å². The van der Waals surface area contributed by atoms with Crippen LogP contribution < -0.4 is 20.1 Å². The fraction of sp³-hybridized carbons (Fsp3) is 0.227. The first-order chi connectivity index (χ1) is 14.2. The Balaban J connectivity index is 1.41. The minimum Gasteiger partial charge on any atom is -0.497 e. The number of carbonyl (C=O) groups is 1. The van der Waals surface area contributed by atoms with Gasteiger partial charge in [-0.3, -0.25) is 4.79 Å². The number of amides is 1. The Morgan fingerprint density at radius 2 is 1.72 bits per heavy atom. The molecule has 7 nitrogen and oxygen atoms in total. The first kappa shape index (κ1) is 20.1. The third-order valence-electron chi connectivity index (χ3n) is 4.18. The van der Waals surface area contributed by atoms with Gasteiger partial charge in [0, 0.05) is 12.6 Å². The van der Waals surface area contributed by atoms with Crippen LogP contribution in [0.25, 0.3) is 0 Å². The molecule has 0 atom stereocenters. The van der Waals surface area contributed by atoms with Crippen LogP contribution in [0.3, 0.4) is 0 Å². The van der Waals surface area contributed by atoms with Gasteiger partial charge in [0.1, 0.15) is 35.9 Å². The smallest absolute Gasteiger partial charge is 0.270 e. The molecule has 0 fully saturated rings. The van der Waals surface area contributed by atoms with Crippen LogP contribution in [0.4, 0.5) is 5.82 Å². The SMILES string of the molecule is COc1ccc(OCCNC(=O)c2cc(NCCc3ccccc3)ncn2)cc1. The fourth-order valence-electron chi connectivity index (χ4n) is 2.65. The van der Waals surface area contributed by atoms with Gasteiger partial charge in [0.15, 0.2) is 0 Å². The minimum atomic E-state index is -0.267. The quantitative estimate of drug-likeness (QED) is 0.516. The maximum absolute atomic E-state index is 12.3. The van der Waals surface area contributed by atoms with Crippen LogP contribution in [-0.2, 0) is 6.42 Å². The van der Waals surface area contributed by atoms with Gasteiger partial charge in [-0.15, -0.1) is 0 Å². The fourth-order valence-corrected chi connectivity index (χ4v) is 2.65. The summed E-state index contributed by atoms with van der Waals surface area (Å²) >= 11 is 0. The van der Waals surface area contributed by atoms with Crippen LogP contribution in [-0.4, -0.2) is 42.7 Å². The molecule has 0 bridgehead atoms. The molecule has 0 saturated carbocycles. The highest BCUT2D eigenvalue weighted by molar-refractivity contribution is 5.92. The Morgan fingerprint density at radius 3 is 2.48 bits per heavy atom. The van der Waals surface area contributed by atoms with Gasteiger partial charge in [-0.2, -0.15) is 0 Å². The lowest BCUT2D eigenvalue weighted by atomic mass is 10.1. The molecule has 3 rings (SSSR count). The number of carbonyl (C=O) groups excluding carboxylic acids is 1. The van der Waals surface area contributed by atoms with Crippen LogP contribution in [0, 0.1) is 0 Å². The van der Waals surface area contributed by atoms with E-state index in [9.17, 15) is 4.79 Å². The van der Waals surface area contributed by atoms with Gasteiger partial charge in [0.25, 0.3) is 5.91 Å². The lowest BCUT2D eigenvalue weighted by Gasteiger charge is -2.09. The summed E-state index contributed by atoms with van der Waals surface area (Å²) in [5.74, 6) is 1.84. The van der Waals surface area contributed by atoms with Crippen molar-refractivity contribution in [3.05, 3.63) is 78.2 Å². The zero-order chi connectivity index (χ0) is 20.3. The molecule has 0 spiro atoms. The van der Waals surface area contributed by atoms with Gasteiger partial charge in [-0.25, -0.2) is 9.97 Å². The second-order valence-electron chi connectivity index (χ2n) is 6.23. The molecule has 2 N–H and O–H groups in total. The standard InChI is InChI=1S/C22H24N4O3/c1-28-18-7-9-19(10-8-18)29-14-13-24-22(27)20-15-21(26-16-25-20)23-12-11-17-5-3-2-4-6-17/h2-10,15-16H,11-14H2,1H3,(H,24,27)(H,23,25,26). The summed E-state index contributed by atoms with van der Waals surface area (Å²) in [5, 5.41) is 6.01. The van der Waals surface area contributed by atoms with Crippen molar-refractivity contribution in [2.45, 2.75) is 6.42 Å². The molecule has 0 unspecified atom stereocenters. The molecular formula is C22H24N4O3. The van der Waals surface area contributed by atoms with E-state index < -0.39 is 0 Å². The molecule has 29 heavy (non-hydrogen) atoms. The molecule has 2 aromatic carbocycles. The largest absolute Gasteiger partial charge is 0.497 e. The molecule has 1 amide bonds. The third-order valence-corrected chi connectivity index (χ3v) is 4.18. The van der Waals surface area contributed by atoms with E-state index in [-0.39, 0.29) is 5.91 Å². The number of ether oxygens (including phenoxy) is 2. The molecule has 1 aromatic heterocycles. The van der Waals surface area contributed by atoms with E-state index in [1.54, 1.807) is 13.2 Å². The minimum absolute atomic E-state index is 0.267. The summed E-state index contributed by atoms with van der Waals surface area (Å²) in [7, 11) is 1.61. The predicted octanol–water partition coefficient (Wildman–Crippen LogP) is 2.95. The molecule has 0 saturated heterocycles. The number of hydrogen-bond acceptors (Lipinski definition) is 6. The van der Waals surface area contributed by atoms with Gasteiger partial charge in [-0.05, 0) is 36.2 Å². The molecule has 7 heteroatoms. The van der Waals surface area contributed by atoms with Crippen molar-refractivity contribution < 1.29 is 14.3 Å². The van der Waals surface area contributed by atoms with Crippen molar-refractivity contribution in [1.82, 2.24) is 15.3 Å². The number of methoxy groups -OCH3 is 1. The predicted molar refractivity (Wildman–Crippen MR) is 111 cm³/mol. The summed E-state index contributed by atoms with van der Waals surface area (Å²) in [6.45, 7) is 1.44. The Morgan fingerprint density at radius 1 is 0.966 bits per heavy atom. The lowest BCUT2D eigenvalue weighted by molar-refractivity contribution is 0.0942. The Kier molecular flexibility index (Phi) is 7.40. The Hall–Kier alpha value is -3.61. The highest BCUT2D eigenvalue weighted by Crippen LogP contribution is 2.16. The van der Waals surface area contributed by atoms with Crippen LogP contribution >= 0.6 is 0 Å². The van der Waals surface area contributed by atoms with Crippen LogP contribution in [0.15, 0.2) is 67.0 Å². The second kappa shape index (κ2) is 10.7. The Labute approximate surface area is 170 Å². The molecule has 0 radical (unpaired) electrons. The summed E-state index contributed by atoms with van der Waals surface area (Å²) in [5.41, 5.74) is 1.55. The molecule has 3 aromatic rings. The normalized spacial score (nSPS) is 10.2. The highest BCUT2D eigenvalue weighted by Gasteiger charge is 2.08. The number of benzene rings is 2. The summed E-state index contributed by atoms with van der Waals surface area (Å²) < 4.78 is 10.7. The number of anilines is 1. The average molecular weight is 392 g/mol. The highest BCUT2D eigenvalue weighted by atomic mass is 16.5. The van der Waals surface area contributed by atoms with Crippen molar-refractivity contribution in [2.24, 2.45) is 0 Å². The van der Waals surface area contributed by atoms with Gasteiger partial charge in [0.05, 0.1) is 13.7 Å². The monoisotopic (exact) mass is 392 g/mol. The third kappa shape index (κ3) is 6.49. The van der Waals surface area contributed by atoms with Gasteiger partial charge in [0.2, 0.25) is 0 Å². The number of hydrogen-bond donors (Lipinski definition) is 2. The average Bonchev–Trinajstić information content (AvgIpc) is 2.78. The zero-order valence-corrected chi connectivity index (χ0v) is 16.3. The summed E-state index contributed by atoms with van der Waals surface area (Å²) in [6.07, 6.45) is 2.25. The molecule has 0 aliphatic rings. The van der Waals surface area contributed by atoms with Gasteiger partial charge < -0.3 is 20.1 Å². The summed E-state index contributed by atoms with van der Waals surface area (Å²) in [4.78, 5) is 20.5. The molecule has 0 aliphatic heterocycles. The van der Waals surface area contributed by atoms with Crippen molar-refractivity contribution in [3.8, 4) is 11.5 Å². The van der Waals surface area contributed by atoms with E-state index in [1.165, 1.54) is 11.9 Å². The Bertz CT molecular complexity index is 901. The van der Waals surface area contributed by atoms with Crippen molar-refractivity contribution in [1.29, 1.82) is 0 Å². The molecule has 1 heterocycles. The molecule has 0 aliphatic carbocycles. The number of aromatic nitrogens is 2. The van der Waals surface area contributed by atoms with Crippen molar-refractivity contribution in [2.75, 3.05) is 32.1 Å². The maximum atomic E-state index is 12.3. The summed E-state index contributed by atoms with van der Waals surface area (Å²) in [6, 6.07) is 19.1. The molecule has 150 valence electrons. The maximum Gasteiger partial charge on any atom is 0.270 e. The van der Waals surface area contributed by atoms with E-state index in [0.717, 1.165) is 18.7 Å². The first-order valence-electron chi connectivity index (χ1n) is 9.39. The number of nitrogens with one attached hydrogen (secondary N) is 2. The lowest BCUT2D eigenvalue weighted by Crippen LogP contribution is -2.29. The van der Waals surface area contributed by atoms with Crippen LogP contribution in [0.1, 0.15) is 16.1 Å². The number of rotatable bonds is 10. The zero-order valence-electron chi connectivity index (χ0n) is 16.3. The first-order valence-corrected chi connectivity index (χ1v) is 9.39. The van der Waals surface area contributed by atoms with Gasteiger partial charge in [-0.1, -0.05) is 30.3 Å². The second-order valence-corrected chi connectivity index (χ2v) is 6.23. The van der Waals surface area contributed by atoms with E-state index in [2.05, 4.69) is 32.7 Å². The van der Waals surface area contributed by atoms with E-state index in [0.29, 0.717) is 30.4 Å². The molecular weight excluding hydrogens is 368 g/mol.